The van der Waals surface area contributed by atoms with Gasteiger partial charge in [0.2, 0.25) is 0 Å². The molecule has 1 aromatic rings. The summed E-state index contributed by atoms with van der Waals surface area (Å²) in [5.74, 6) is 0.872. The lowest BCUT2D eigenvalue weighted by atomic mass is 10.3. The molecule has 0 saturated heterocycles. The van der Waals surface area contributed by atoms with E-state index in [0.29, 0.717) is 18.0 Å². The Kier molecular flexibility index (Phi) is 3.94. The lowest BCUT2D eigenvalue weighted by Gasteiger charge is -1.95. The molecule has 1 heterocycles. The average Bonchev–Trinajstić information content (AvgIpc) is 2.53. The number of ketones is 1. The van der Waals surface area contributed by atoms with Gasteiger partial charge in [-0.15, -0.1) is 11.8 Å². The van der Waals surface area contributed by atoms with Gasteiger partial charge < -0.3 is 4.42 Å². The molecule has 0 aliphatic carbocycles. The van der Waals surface area contributed by atoms with Gasteiger partial charge in [0.15, 0.2) is 0 Å². The van der Waals surface area contributed by atoms with Crippen LogP contribution in [0.1, 0.15) is 19.8 Å². The normalized spacial score (nSPS) is 10.1. The zero-order valence-corrected chi connectivity index (χ0v) is 7.89. The molecule has 0 aromatic carbocycles. The van der Waals surface area contributed by atoms with Crippen molar-refractivity contribution < 1.29 is 9.21 Å². The molecule has 2 nitrogen and oxygen atoms in total. The highest BCUT2D eigenvalue weighted by Gasteiger charge is 2.01. The lowest BCUT2D eigenvalue weighted by molar-refractivity contribution is -0.116. The van der Waals surface area contributed by atoms with Crippen molar-refractivity contribution in [1.82, 2.24) is 0 Å². The second kappa shape index (κ2) is 5.04. The topological polar surface area (TPSA) is 30.2 Å². The van der Waals surface area contributed by atoms with Gasteiger partial charge in [-0.1, -0.05) is 6.92 Å². The molecule has 0 unspecified atom stereocenters. The number of hydrogen-bond donors (Lipinski definition) is 0. The Hall–Kier alpha value is -0.700. The first-order valence-corrected chi connectivity index (χ1v) is 4.98. The van der Waals surface area contributed by atoms with Crippen LogP contribution in [0.3, 0.4) is 0 Å². The predicted octanol–water partition coefficient (Wildman–Crippen LogP) is 2.74. The van der Waals surface area contributed by atoms with Crippen molar-refractivity contribution in [3.8, 4) is 0 Å². The number of rotatable bonds is 5. The van der Waals surface area contributed by atoms with E-state index in [1.165, 1.54) is 11.8 Å². The highest BCUT2D eigenvalue weighted by Crippen LogP contribution is 2.18. The van der Waals surface area contributed by atoms with Crippen LogP contribution in [0.15, 0.2) is 27.9 Å². The van der Waals surface area contributed by atoms with Crippen molar-refractivity contribution >= 4 is 17.5 Å². The van der Waals surface area contributed by atoms with Crippen LogP contribution in [-0.2, 0) is 4.79 Å². The molecule has 0 saturated carbocycles. The lowest BCUT2D eigenvalue weighted by Crippen LogP contribution is -1.99. The second-order valence-electron chi connectivity index (χ2n) is 2.54. The van der Waals surface area contributed by atoms with Gasteiger partial charge in [-0.05, 0) is 12.5 Å². The third-order valence-electron chi connectivity index (χ3n) is 1.42. The minimum absolute atomic E-state index is 0.309. The van der Waals surface area contributed by atoms with Crippen molar-refractivity contribution in [3.05, 3.63) is 18.6 Å². The summed E-state index contributed by atoms with van der Waals surface area (Å²) in [7, 11) is 0. The molecule has 0 radical (unpaired) electrons. The maximum absolute atomic E-state index is 11.1. The average molecular weight is 184 g/mol. The molecule has 0 amide bonds. The van der Waals surface area contributed by atoms with Crippen LogP contribution in [0, 0.1) is 0 Å². The van der Waals surface area contributed by atoms with Gasteiger partial charge in [0.1, 0.15) is 12.0 Å². The molecule has 1 rings (SSSR count). The number of thioether (sulfide) groups is 1. The van der Waals surface area contributed by atoms with Gasteiger partial charge in [0.25, 0.3) is 0 Å². The fourth-order valence-electron chi connectivity index (χ4n) is 0.849. The van der Waals surface area contributed by atoms with Gasteiger partial charge in [0, 0.05) is 11.3 Å². The first-order valence-electron chi connectivity index (χ1n) is 3.99. The zero-order valence-electron chi connectivity index (χ0n) is 7.08. The molecular formula is C9H12O2S. The van der Waals surface area contributed by atoms with Gasteiger partial charge >= 0.3 is 0 Å². The molecule has 0 atom stereocenters. The quantitative estimate of drug-likeness (QED) is 0.659. The molecule has 12 heavy (non-hydrogen) atoms. The smallest absolute Gasteiger partial charge is 0.143 e. The Labute approximate surface area is 76.3 Å². The molecule has 0 aliphatic rings. The Balaban J connectivity index is 2.22. The van der Waals surface area contributed by atoms with Gasteiger partial charge in [-0.3, -0.25) is 4.79 Å². The van der Waals surface area contributed by atoms with Crippen LogP contribution < -0.4 is 0 Å². The summed E-state index contributed by atoms with van der Waals surface area (Å²) in [4.78, 5) is 12.1. The molecule has 66 valence electrons. The monoisotopic (exact) mass is 184 g/mol. The predicted molar refractivity (Wildman–Crippen MR) is 49.3 cm³/mol. The second-order valence-corrected chi connectivity index (χ2v) is 3.59. The largest absolute Gasteiger partial charge is 0.471 e. The minimum Gasteiger partial charge on any atom is -0.471 e. The van der Waals surface area contributed by atoms with Crippen molar-refractivity contribution in [2.45, 2.75) is 24.7 Å². The summed E-state index contributed by atoms with van der Waals surface area (Å²) in [6, 6.07) is 1.86. The van der Waals surface area contributed by atoms with Crippen molar-refractivity contribution in [2.24, 2.45) is 0 Å². The SMILES string of the molecule is CCCC(=O)CSc1ccoc1. The summed E-state index contributed by atoms with van der Waals surface area (Å²) in [6.45, 7) is 2.01. The summed E-state index contributed by atoms with van der Waals surface area (Å²) in [5, 5.41) is 0. The highest BCUT2D eigenvalue weighted by molar-refractivity contribution is 8.00. The van der Waals surface area contributed by atoms with Gasteiger partial charge in [0.05, 0.1) is 12.0 Å². The number of carbonyl (C=O) groups is 1. The Morgan fingerprint density at radius 1 is 1.67 bits per heavy atom. The van der Waals surface area contributed by atoms with E-state index in [2.05, 4.69) is 0 Å². The van der Waals surface area contributed by atoms with Crippen LogP contribution in [0.4, 0.5) is 0 Å². The van der Waals surface area contributed by atoms with Crippen LogP contribution >= 0.6 is 11.8 Å². The van der Waals surface area contributed by atoms with E-state index in [1.807, 2.05) is 13.0 Å². The minimum atomic E-state index is 0.309. The number of furan rings is 1. The van der Waals surface area contributed by atoms with E-state index in [4.69, 9.17) is 4.42 Å². The maximum atomic E-state index is 11.1. The third kappa shape index (κ3) is 3.13. The summed E-state index contributed by atoms with van der Waals surface area (Å²) in [6.07, 6.45) is 4.89. The van der Waals surface area contributed by atoms with Crippen molar-refractivity contribution in [1.29, 1.82) is 0 Å². The molecule has 1 aromatic heterocycles. The first kappa shape index (κ1) is 9.39. The van der Waals surface area contributed by atoms with Crippen molar-refractivity contribution in [2.75, 3.05) is 5.75 Å². The van der Waals surface area contributed by atoms with Crippen LogP contribution in [-0.4, -0.2) is 11.5 Å². The number of carbonyl (C=O) groups excluding carboxylic acids is 1. The fraction of sp³-hybridized carbons (Fsp3) is 0.444. The zero-order chi connectivity index (χ0) is 8.81. The maximum Gasteiger partial charge on any atom is 0.143 e. The Morgan fingerprint density at radius 3 is 3.08 bits per heavy atom. The van der Waals surface area contributed by atoms with E-state index in [1.54, 1.807) is 12.5 Å². The van der Waals surface area contributed by atoms with Crippen LogP contribution in [0.5, 0.6) is 0 Å². The standard InChI is InChI=1S/C9H12O2S/c1-2-3-8(10)7-12-9-4-5-11-6-9/h4-6H,2-3,7H2,1H3. The first-order chi connectivity index (χ1) is 5.83. The molecule has 0 N–H and O–H groups in total. The molecular weight excluding hydrogens is 172 g/mol. The highest BCUT2D eigenvalue weighted by atomic mass is 32.2. The van der Waals surface area contributed by atoms with E-state index in [0.717, 1.165) is 11.3 Å². The fourth-order valence-corrected chi connectivity index (χ4v) is 1.60. The number of hydrogen-bond acceptors (Lipinski definition) is 3. The third-order valence-corrected chi connectivity index (χ3v) is 2.46. The summed E-state index contributed by atoms with van der Waals surface area (Å²) in [5.41, 5.74) is 0. The van der Waals surface area contributed by atoms with E-state index < -0.39 is 0 Å². The summed E-state index contributed by atoms with van der Waals surface area (Å²) < 4.78 is 4.87. The van der Waals surface area contributed by atoms with E-state index >= 15 is 0 Å². The Morgan fingerprint density at radius 2 is 2.50 bits per heavy atom. The van der Waals surface area contributed by atoms with Crippen LogP contribution in [0.25, 0.3) is 0 Å². The van der Waals surface area contributed by atoms with Crippen LogP contribution in [0.2, 0.25) is 0 Å². The Bertz CT molecular complexity index is 229. The van der Waals surface area contributed by atoms with E-state index in [-0.39, 0.29) is 0 Å². The van der Waals surface area contributed by atoms with Crippen molar-refractivity contribution in [3.63, 3.8) is 0 Å². The van der Waals surface area contributed by atoms with Gasteiger partial charge in [-0.25, -0.2) is 0 Å². The molecule has 0 bridgehead atoms. The summed E-state index contributed by atoms with van der Waals surface area (Å²) >= 11 is 1.53. The molecule has 0 aliphatic heterocycles. The molecule has 0 fully saturated rings. The van der Waals surface area contributed by atoms with Gasteiger partial charge in [-0.2, -0.15) is 0 Å². The molecule has 3 heteroatoms. The van der Waals surface area contributed by atoms with E-state index in [9.17, 15) is 4.79 Å². The number of Topliss-reactive ketones (excluding diaryl/α,β-unsaturated/α-hetero) is 1. The molecule has 0 spiro atoms.